The van der Waals surface area contributed by atoms with Gasteiger partial charge in [0.2, 0.25) is 0 Å². The zero-order valence-corrected chi connectivity index (χ0v) is 10.7. The maximum absolute atomic E-state index is 13.1. The van der Waals surface area contributed by atoms with Gasteiger partial charge in [-0.1, -0.05) is 11.6 Å². The lowest BCUT2D eigenvalue weighted by Gasteiger charge is -2.00. The fraction of sp³-hybridized carbons (Fsp3) is 0. The van der Waals surface area contributed by atoms with Crippen LogP contribution in [0.15, 0.2) is 36.4 Å². The van der Waals surface area contributed by atoms with Crippen molar-refractivity contribution in [2.75, 3.05) is 5.73 Å². The van der Waals surface area contributed by atoms with E-state index in [4.69, 9.17) is 17.3 Å². The average Bonchev–Trinajstić information content (AvgIpc) is 2.71. The lowest BCUT2D eigenvalue weighted by molar-refractivity contribution is 0.630. The van der Waals surface area contributed by atoms with Gasteiger partial charge in [-0.05, 0) is 36.4 Å². The van der Waals surface area contributed by atoms with Gasteiger partial charge in [0.15, 0.2) is 0 Å². The third-order valence-corrected chi connectivity index (χ3v) is 3.94. The molecule has 1 heterocycles. The van der Waals surface area contributed by atoms with Crippen molar-refractivity contribution >= 4 is 38.8 Å². The number of fused-ring (bicyclic) bond motifs is 1. The Kier molecular flexibility index (Phi) is 2.69. The van der Waals surface area contributed by atoms with Gasteiger partial charge in [-0.15, -0.1) is 11.3 Å². The van der Waals surface area contributed by atoms with E-state index in [1.54, 1.807) is 18.2 Å². The first kappa shape index (κ1) is 11.4. The largest absolute Gasteiger partial charge is 0.399 e. The molecule has 0 spiro atoms. The SMILES string of the molecule is Nc1ccc(-c2nc3ccc(F)cc3s2)c(Cl)c1. The number of rotatable bonds is 1. The second kappa shape index (κ2) is 4.23. The summed E-state index contributed by atoms with van der Waals surface area (Å²) < 4.78 is 13.9. The third kappa shape index (κ3) is 1.94. The summed E-state index contributed by atoms with van der Waals surface area (Å²) in [5, 5.41) is 1.31. The third-order valence-electron chi connectivity index (χ3n) is 2.57. The molecule has 3 rings (SSSR count). The number of benzene rings is 2. The average molecular weight is 279 g/mol. The van der Waals surface area contributed by atoms with Crippen LogP contribution in [-0.4, -0.2) is 4.98 Å². The maximum Gasteiger partial charge on any atom is 0.126 e. The van der Waals surface area contributed by atoms with E-state index < -0.39 is 0 Å². The van der Waals surface area contributed by atoms with Crippen LogP contribution in [-0.2, 0) is 0 Å². The summed E-state index contributed by atoms with van der Waals surface area (Å²) in [7, 11) is 0. The molecule has 0 saturated carbocycles. The second-order valence-corrected chi connectivity index (χ2v) is 5.31. The standard InChI is InChI=1S/C13H8ClFN2S/c14-10-6-8(16)2-3-9(10)13-17-11-4-1-7(15)5-12(11)18-13/h1-6H,16H2. The van der Waals surface area contributed by atoms with Crippen LogP contribution in [0.4, 0.5) is 10.1 Å². The summed E-state index contributed by atoms with van der Waals surface area (Å²) in [5.41, 5.74) is 7.84. The quantitative estimate of drug-likeness (QED) is 0.673. The maximum atomic E-state index is 13.1. The van der Waals surface area contributed by atoms with Gasteiger partial charge in [-0.2, -0.15) is 0 Å². The molecule has 0 unspecified atom stereocenters. The van der Waals surface area contributed by atoms with Gasteiger partial charge in [0.1, 0.15) is 10.8 Å². The smallest absolute Gasteiger partial charge is 0.126 e. The first-order valence-electron chi connectivity index (χ1n) is 5.25. The minimum Gasteiger partial charge on any atom is -0.399 e. The number of nitrogens with two attached hydrogens (primary N) is 1. The minimum absolute atomic E-state index is 0.263. The molecule has 0 fully saturated rings. The van der Waals surface area contributed by atoms with Gasteiger partial charge < -0.3 is 5.73 Å². The molecule has 0 saturated heterocycles. The lowest BCUT2D eigenvalue weighted by atomic mass is 10.2. The van der Waals surface area contributed by atoms with E-state index in [2.05, 4.69) is 4.98 Å². The molecule has 0 radical (unpaired) electrons. The monoisotopic (exact) mass is 278 g/mol. The predicted molar refractivity (Wildman–Crippen MR) is 74.4 cm³/mol. The van der Waals surface area contributed by atoms with Crippen molar-refractivity contribution in [2.45, 2.75) is 0 Å². The van der Waals surface area contributed by atoms with E-state index in [1.165, 1.54) is 23.5 Å². The van der Waals surface area contributed by atoms with E-state index in [9.17, 15) is 4.39 Å². The fourth-order valence-electron chi connectivity index (χ4n) is 1.72. The Morgan fingerprint density at radius 2 is 2.00 bits per heavy atom. The van der Waals surface area contributed by atoms with Gasteiger partial charge >= 0.3 is 0 Å². The van der Waals surface area contributed by atoms with Crippen molar-refractivity contribution in [1.82, 2.24) is 4.98 Å². The summed E-state index contributed by atoms with van der Waals surface area (Å²) in [6, 6.07) is 9.82. The molecule has 1 aromatic heterocycles. The van der Waals surface area contributed by atoms with Crippen LogP contribution < -0.4 is 5.73 Å². The number of halogens is 2. The number of anilines is 1. The molecule has 0 aliphatic carbocycles. The molecule has 2 nitrogen and oxygen atoms in total. The number of nitrogen functional groups attached to an aromatic ring is 1. The summed E-state index contributed by atoms with van der Waals surface area (Å²) >= 11 is 7.54. The zero-order valence-electron chi connectivity index (χ0n) is 9.15. The van der Waals surface area contributed by atoms with Crippen molar-refractivity contribution in [3.05, 3.63) is 47.2 Å². The summed E-state index contributed by atoms with van der Waals surface area (Å²) in [6.07, 6.45) is 0. The Labute approximate surface area is 112 Å². The first-order chi connectivity index (χ1) is 8.63. The van der Waals surface area contributed by atoms with Crippen molar-refractivity contribution in [1.29, 1.82) is 0 Å². The Bertz CT molecular complexity index is 739. The van der Waals surface area contributed by atoms with Gasteiger partial charge in [0.05, 0.1) is 15.2 Å². The Balaban J connectivity index is 2.19. The van der Waals surface area contributed by atoms with Gasteiger partial charge in [0, 0.05) is 11.3 Å². The molecule has 0 aliphatic heterocycles. The van der Waals surface area contributed by atoms with E-state index in [0.717, 1.165) is 20.8 Å². The van der Waals surface area contributed by atoms with Crippen molar-refractivity contribution in [3.8, 4) is 10.6 Å². The van der Waals surface area contributed by atoms with Crippen molar-refractivity contribution in [3.63, 3.8) is 0 Å². The molecule has 0 bridgehead atoms. The zero-order chi connectivity index (χ0) is 12.7. The Morgan fingerprint density at radius 3 is 2.78 bits per heavy atom. The molecule has 0 aliphatic rings. The van der Waals surface area contributed by atoms with Crippen LogP contribution >= 0.6 is 22.9 Å². The highest BCUT2D eigenvalue weighted by Crippen LogP contribution is 2.35. The van der Waals surface area contributed by atoms with Gasteiger partial charge in [-0.25, -0.2) is 9.37 Å². The number of hydrogen-bond acceptors (Lipinski definition) is 3. The molecule has 0 atom stereocenters. The van der Waals surface area contributed by atoms with Crippen LogP contribution in [0, 0.1) is 5.82 Å². The molecule has 0 amide bonds. The number of aromatic nitrogens is 1. The van der Waals surface area contributed by atoms with E-state index in [0.29, 0.717) is 10.7 Å². The van der Waals surface area contributed by atoms with Gasteiger partial charge in [0.25, 0.3) is 0 Å². The summed E-state index contributed by atoms with van der Waals surface area (Å²) in [4.78, 5) is 4.44. The summed E-state index contributed by atoms with van der Waals surface area (Å²) in [6.45, 7) is 0. The molecular formula is C13H8ClFN2S. The second-order valence-electron chi connectivity index (χ2n) is 3.87. The Morgan fingerprint density at radius 1 is 1.17 bits per heavy atom. The van der Waals surface area contributed by atoms with Crippen LogP contribution in [0.1, 0.15) is 0 Å². The molecule has 18 heavy (non-hydrogen) atoms. The Hall–Kier alpha value is -1.65. The van der Waals surface area contributed by atoms with E-state index in [1.807, 2.05) is 6.07 Å². The van der Waals surface area contributed by atoms with Crippen LogP contribution in [0.25, 0.3) is 20.8 Å². The number of nitrogens with zero attached hydrogens (tertiary/aromatic N) is 1. The molecule has 3 aromatic rings. The fourth-order valence-corrected chi connectivity index (χ4v) is 3.08. The number of thiazole rings is 1. The molecular weight excluding hydrogens is 271 g/mol. The predicted octanol–water partition coefficient (Wildman–Crippen LogP) is 4.34. The summed E-state index contributed by atoms with van der Waals surface area (Å²) in [5.74, 6) is -0.263. The van der Waals surface area contributed by atoms with Crippen LogP contribution in [0.5, 0.6) is 0 Å². The van der Waals surface area contributed by atoms with Crippen LogP contribution in [0.2, 0.25) is 5.02 Å². The molecule has 2 aromatic carbocycles. The highest BCUT2D eigenvalue weighted by Gasteiger charge is 2.10. The minimum atomic E-state index is -0.263. The molecule has 90 valence electrons. The normalized spacial score (nSPS) is 11.0. The van der Waals surface area contributed by atoms with E-state index in [-0.39, 0.29) is 5.82 Å². The highest BCUT2D eigenvalue weighted by atomic mass is 35.5. The van der Waals surface area contributed by atoms with Crippen molar-refractivity contribution < 1.29 is 4.39 Å². The lowest BCUT2D eigenvalue weighted by Crippen LogP contribution is -1.85. The first-order valence-corrected chi connectivity index (χ1v) is 6.44. The number of hydrogen-bond donors (Lipinski definition) is 1. The highest BCUT2D eigenvalue weighted by molar-refractivity contribution is 7.21. The topological polar surface area (TPSA) is 38.9 Å². The van der Waals surface area contributed by atoms with Crippen LogP contribution in [0.3, 0.4) is 0 Å². The van der Waals surface area contributed by atoms with Crippen molar-refractivity contribution in [2.24, 2.45) is 0 Å². The van der Waals surface area contributed by atoms with E-state index >= 15 is 0 Å². The molecule has 2 N–H and O–H groups in total. The van der Waals surface area contributed by atoms with Gasteiger partial charge in [-0.3, -0.25) is 0 Å². The molecule has 5 heteroatoms.